The van der Waals surface area contributed by atoms with Crippen molar-refractivity contribution in [1.82, 2.24) is 15.1 Å². The van der Waals surface area contributed by atoms with Gasteiger partial charge in [-0.05, 0) is 43.9 Å². The predicted molar refractivity (Wildman–Crippen MR) is 90.2 cm³/mol. The molecule has 0 saturated heterocycles. The van der Waals surface area contributed by atoms with Gasteiger partial charge in [-0.3, -0.25) is 9.48 Å². The van der Waals surface area contributed by atoms with Gasteiger partial charge in [0.1, 0.15) is 5.69 Å². The van der Waals surface area contributed by atoms with Crippen LogP contribution >= 0.6 is 11.6 Å². The summed E-state index contributed by atoms with van der Waals surface area (Å²) >= 11 is 6.18. The lowest BCUT2D eigenvalue weighted by Crippen LogP contribution is -2.40. The van der Waals surface area contributed by atoms with E-state index in [0.29, 0.717) is 21.8 Å². The van der Waals surface area contributed by atoms with Crippen molar-refractivity contribution < 1.29 is 4.79 Å². The van der Waals surface area contributed by atoms with E-state index in [1.807, 2.05) is 6.92 Å². The van der Waals surface area contributed by atoms with Gasteiger partial charge >= 0.3 is 0 Å². The van der Waals surface area contributed by atoms with E-state index in [1.54, 1.807) is 11.7 Å². The molecule has 0 atom stereocenters. The highest BCUT2D eigenvalue weighted by atomic mass is 35.5. The number of carbonyl (C=O) groups excluding carboxylic acids is 1. The lowest BCUT2D eigenvalue weighted by Gasteiger charge is -2.39. The first-order chi connectivity index (χ1) is 10.3. The van der Waals surface area contributed by atoms with Crippen LogP contribution in [0, 0.1) is 18.3 Å². The van der Waals surface area contributed by atoms with E-state index in [0.717, 1.165) is 18.8 Å². The molecule has 0 radical (unpaired) electrons. The van der Waals surface area contributed by atoms with Crippen molar-refractivity contribution >= 4 is 17.5 Å². The summed E-state index contributed by atoms with van der Waals surface area (Å²) in [6, 6.07) is 0.252. The Morgan fingerprint density at radius 3 is 2.41 bits per heavy atom. The van der Waals surface area contributed by atoms with E-state index in [-0.39, 0.29) is 11.9 Å². The highest BCUT2D eigenvalue weighted by molar-refractivity contribution is 6.34. The maximum absolute atomic E-state index is 12.4. The number of aryl methyl sites for hydroxylation is 2. The number of carbonyl (C=O) groups is 1. The molecule has 0 spiro atoms. The molecule has 1 fully saturated rings. The second-order valence-electron chi connectivity index (χ2n) is 7.24. The molecule has 0 unspecified atom stereocenters. The van der Waals surface area contributed by atoms with Crippen molar-refractivity contribution in [3.8, 4) is 0 Å². The van der Waals surface area contributed by atoms with E-state index >= 15 is 0 Å². The summed E-state index contributed by atoms with van der Waals surface area (Å²) in [6.45, 7) is 8.79. The van der Waals surface area contributed by atoms with Crippen LogP contribution in [-0.4, -0.2) is 21.7 Å². The zero-order valence-corrected chi connectivity index (χ0v) is 15.1. The molecule has 1 heterocycles. The van der Waals surface area contributed by atoms with E-state index < -0.39 is 0 Å². The number of amides is 1. The molecule has 1 saturated carbocycles. The Morgan fingerprint density at radius 1 is 1.36 bits per heavy atom. The number of hydrogen-bond acceptors (Lipinski definition) is 2. The molecule has 1 N–H and O–H groups in total. The number of nitrogens with zero attached hydrogens (tertiary/aromatic N) is 2. The summed E-state index contributed by atoms with van der Waals surface area (Å²) in [5, 5.41) is 7.80. The molecule has 0 aliphatic heterocycles. The molecule has 0 aromatic carbocycles. The summed E-state index contributed by atoms with van der Waals surface area (Å²) in [6.07, 6.45) is 5.68. The Bertz CT molecular complexity index is 542. The van der Waals surface area contributed by atoms with Gasteiger partial charge in [0, 0.05) is 13.1 Å². The quantitative estimate of drug-likeness (QED) is 0.905. The maximum Gasteiger partial charge on any atom is 0.271 e. The first-order valence-corrected chi connectivity index (χ1v) is 8.64. The first-order valence-electron chi connectivity index (χ1n) is 8.26. The van der Waals surface area contributed by atoms with Gasteiger partial charge in [-0.1, -0.05) is 38.8 Å². The first kappa shape index (κ1) is 17.3. The Hall–Kier alpha value is -1.03. The Balaban J connectivity index is 1.95. The zero-order chi connectivity index (χ0) is 16.5. The fourth-order valence-corrected chi connectivity index (χ4v) is 3.69. The number of rotatable bonds is 4. The zero-order valence-electron chi connectivity index (χ0n) is 14.4. The highest BCUT2D eigenvalue weighted by Gasteiger charge is 2.32. The van der Waals surface area contributed by atoms with Crippen LogP contribution in [0.1, 0.15) is 69.1 Å². The summed E-state index contributed by atoms with van der Waals surface area (Å²) in [5.74, 6) is 0.652. The largest absolute Gasteiger partial charge is 0.348 e. The van der Waals surface area contributed by atoms with Crippen LogP contribution in [0.4, 0.5) is 0 Å². The molecule has 1 aliphatic rings. The Morgan fingerprint density at radius 2 is 1.95 bits per heavy atom. The molecule has 4 nitrogen and oxygen atoms in total. The third-order valence-corrected chi connectivity index (χ3v) is 5.90. The van der Waals surface area contributed by atoms with Gasteiger partial charge in [0.15, 0.2) is 0 Å². The van der Waals surface area contributed by atoms with Crippen LogP contribution in [0.2, 0.25) is 5.02 Å². The van der Waals surface area contributed by atoms with Crippen LogP contribution in [0.5, 0.6) is 0 Å². The van der Waals surface area contributed by atoms with Crippen LogP contribution in [0.25, 0.3) is 0 Å². The average Bonchev–Trinajstić information content (AvgIpc) is 2.72. The van der Waals surface area contributed by atoms with Gasteiger partial charge in [0.05, 0.1) is 10.7 Å². The van der Waals surface area contributed by atoms with Crippen molar-refractivity contribution in [1.29, 1.82) is 0 Å². The molecule has 0 bridgehead atoms. The van der Waals surface area contributed by atoms with Crippen LogP contribution in [0.3, 0.4) is 0 Å². The molecule has 5 heteroatoms. The van der Waals surface area contributed by atoms with Crippen molar-refractivity contribution in [2.45, 2.75) is 65.8 Å². The number of hydrogen-bond donors (Lipinski definition) is 1. The van der Waals surface area contributed by atoms with Gasteiger partial charge in [0.2, 0.25) is 0 Å². The van der Waals surface area contributed by atoms with Gasteiger partial charge in [-0.25, -0.2) is 0 Å². The van der Waals surface area contributed by atoms with E-state index in [4.69, 9.17) is 11.6 Å². The second kappa shape index (κ2) is 6.61. The normalized spacial score (nSPS) is 22.6. The monoisotopic (exact) mass is 325 g/mol. The fourth-order valence-electron chi connectivity index (χ4n) is 3.44. The van der Waals surface area contributed by atoms with E-state index in [2.05, 4.69) is 31.2 Å². The lowest BCUT2D eigenvalue weighted by molar-refractivity contribution is 0.0884. The van der Waals surface area contributed by atoms with Crippen LogP contribution in [-0.2, 0) is 7.05 Å². The maximum atomic E-state index is 12.4. The predicted octanol–water partition coefficient (Wildman–Crippen LogP) is 4.11. The summed E-state index contributed by atoms with van der Waals surface area (Å²) < 4.78 is 1.57. The highest BCUT2D eigenvalue weighted by Crippen LogP contribution is 2.40. The minimum atomic E-state index is -0.105. The Labute approximate surface area is 138 Å². The molecule has 1 aromatic heterocycles. The van der Waals surface area contributed by atoms with Crippen molar-refractivity contribution in [3.63, 3.8) is 0 Å². The minimum Gasteiger partial charge on any atom is -0.348 e. The van der Waals surface area contributed by atoms with E-state index in [9.17, 15) is 4.79 Å². The molecule has 124 valence electrons. The van der Waals surface area contributed by atoms with E-state index in [1.165, 1.54) is 19.3 Å². The van der Waals surface area contributed by atoms with Crippen LogP contribution < -0.4 is 5.32 Å². The second-order valence-corrected chi connectivity index (χ2v) is 7.61. The van der Waals surface area contributed by atoms with Gasteiger partial charge in [-0.2, -0.15) is 5.10 Å². The molecule has 1 aliphatic carbocycles. The Kier molecular flexibility index (Phi) is 5.21. The van der Waals surface area contributed by atoms with Gasteiger partial charge in [0.25, 0.3) is 5.91 Å². The summed E-state index contributed by atoms with van der Waals surface area (Å²) in [5.41, 5.74) is 1.56. The molecule has 1 amide bonds. The van der Waals surface area contributed by atoms with Crippen molar-refractivity contribution in [2.75, 3.05) is 0 Å². The third kappa shape index (κ3) is 3.48. The fraction of sp³-hybridized carbons (Fsp3) is 0.765. The summed E-state index contributed by atoms with van der Waals surface area (Å²) in [4.78, 5) is 12.4. The molecular weight excluding hydrogens is 298 g/mol. The standard InChI is InChI=1S/C17H28ClN3O/c1-6-17(3,4)12-7-9-13(10-8-12)19-16(22)15-14(18)11(2)20-21(15)5/h12-13H,6-10H2,1-5H3,(H,19,22). The lowest BCUT2D eigenvalue weighted by atomic mass is 9.69. The number of nitrogens with one attached hydrogen (secondary N) is 1. The van der Waals surface area contributed by atoms with Gasteiger partial charge < -0.3 is 5.32 Å². The van der Waals surface area contributed by atoms with Crippen LogP contribution in [0.15, 0.2) is 0 Å². The minimum absolute atomic E-state index is 0.105. The smallest absolute Gasteiger partial charge is 0.271 e. The van der Waals surface area contributed by atoms with Gasteiger partial charge in [-0.15, -0.1) is 0 Å². The summed E-state index contributed by atoms with van der Waals surface area (Å²) in [7, 11) is 1.76. The number of halogens is 1. The topological polar surface area (TPSA) is 46.9 Å². The molecular formula is C17H28ClN3O. The molecule has 22 heavy (non-hydrogen) atoms. The van der Waals surface area contributed by atoms with Crippen molar-refractivity contribution in [2.24, 2.45) is 18.4 Å². The van der Waals surface area contributed by atoms with Crippen molar-refractivity contribution in [3.05, 3.63) is 16.4 Å². The molecule has 1 aromatic rings. The molecule has 2 rings (SSSR count). The average molecular weight is 326 g/mol. The third-order valence-electron chi connectivity index (χ3n) is 5.44. The number of aromatic nitrogens is 2. The SMILES string of the molecule is CCC(C)(C)C1CCC(NC(=O)c2c(Cl)c(C)nn2C)CC1.